The van der Waals surface area contributed by atoms with Gasteiger partial charge in [0, 0.05) is 23.9 Å². The molecule has 5 heteroatoms. The summed E-state index contributed by atoms with van der Waals surface area (Å²) in [4.78, 5) is 4.53. The lowest BCUT2D eigenvalue weighted by atomic mass is 10.1. The monoisotopic (exact) mass is 344 g/mol. The highest BCUT2D eigenvalue weighted by Crippen LogP contribution is 2.24. The average molecular weight is 344 g/mol. The Labute approximate surface area is 152 Å². The SMILES string of the molecule is COc1ccccc1Cc1cnn2c(Nc3cccc(C)c3)ccnc12. The third kappa shape index (κ3) is 3.11. The topological polar surface area (TPSA) is 51.5 Å². The van der Waals surface area contributed by atoms with Crippen molar-refractivity contribution in [3.8, 4) is 5.75 Å². The first-order valence-corrected chi connectivity index (χ1v) is 8.52. The highest BCUT2D eigenvalue weighted by Gasteiger charge is 2.11. The molecule has 0 spiro atoms. The summed E-state index contributed by atoms with van der Waals surface area (Å²) in [6.45, 7) is 2.08. The number of ether oxygens (including phenoxy) is 1. The normalized spacial score (nSPS) is 10.8. The molecule has 2 aromatic heterocycles. The molecule has 2 heterocycles. The number of nitrogens with one attached hydrogen (secondary N) is 1. The number of hydrogen-bond acceptors (Lipinski definition) is 4. The Morgan fingerprint density at radius 2 is 1.92 bits per heavy atom. The van der Waals surface area contributed by atoms with Gasteiger partial charge in [-0.2, -0.15) is 9.61 Å². The molecule has 26 heavy (non-hydrogen) atoms. The van der Waals surface area contributed by atoms with E-state index in [4.69, 9.17) is 4.74 Å². The van der Waals surface area contributed by atoms with Crippen molar-refractivity contribution >= 4 is 17.2 Å². The molecular weight excluding hydrogens is 324 g/mol. The smallest absolute Gasteiger partial charge is 0.160 e. The molecule has 0 aliphatic rings. The zero-order valence-corrected chi connectivity index (χ0v) is 14.8. The van der Waals surface area contributed by atoms with Crippen LogP contribution in [0.3, 0.4) is 0 Å². The molecule has 0 radical (unpaired) electrons. The molecule has 130 valence electrons. The zero-order valence-electron chi connectivity index (χ0n) is 14.8. The standard InChI is InChI=1S/C21H20N4O/c1-15-6-5-8-18(12-15)24-20-10-11-22-21-17(14-23-25(20)21)13-16-7-3-4-9-19(16)26-2/h3-12,14,24H,13H2,1-2H3. The maximum atomic E-state index is 5.46. The molecule has 0 unspecified atom stereocenters. The second-order valence-corrected chi connectivity index (χ2v) is 6.22. The Balaban J connectivity index is 1.69. The molecule has 1 N–H and O–H groups in total. The summed E-state index contributed by atoms with van der Waals surface area (Å²) < 4.78 is 7.30. The van der Waals surface area contributed by atoms with Gasteiger partial charge in [0.1, 0.15) is 11.6 Å². The molecule has 0 aliphatic heterocycles. The zero-order chi connectivity index (χ0) is 17.9. The van der Waals surface area contributed by atoms with Crippen LogP contribution in [0.5, 0.6) is 5.75 Å². The first-order valence-electron chi connectivity index (χ1n) is 8.52. The fraction of sp³-hybridized carbons (Fsp3) is 0.143. The highest BCUT2D eigenvalue weighted by molar-refractivity contribution is 5.61. The van der Waals surface area contributed by atoms with Gasteiger partial charge in [0.2, 0.25) is 0 Å². The molecule has 0 saturated heterocycles. The van der Waals surface area contributed by atoms with E-state index < -0.39 is 0 Å². The van der Waals surface area contributed by atoms with Crippen molar-refractivity contribution in [2.24, 2.45) is 0 Å². The summed E-state index contributed by atoms with van der Waals surface area (Å²) in [5.74, 6) is 1.76. The summed E-state index contributed by atoms with van der Waals surface area (Å²) in [7, 11) is 1.69. The lowest BCUT2D eigenvalue weighted by Gasteiger charge is -2.09. The van der Waals surface area contributed by atoms with E-state index in [1.54, 1.807) is 13.3 Å². The van der Waals surface area contributed by atoms with Gasteiger partial charge < -0.3 is 10.1 Å². The second-order valence-electron chi connectivity index (χ2n) is 6.22. The van der Waals surface area contributed by atoms with Gasteiger partial charge in [0.25, 0.3) is 0 Å². The molecule has 0 atom stereocenters. The van der Waals surface area contributed by atoms with Crippen LogP contribution < -0.4 is 10.1 Å². The molecular formula is C21H20N4O. The summed E-state index contributed by atoms with van der Waals surface area (Å²) >= 11 is 0. The molecule has 0 amide bonds. The summed E-state index contributed by atoms with van der Waals surface area (Å²) in [6, 6.07) is 18.2. The number of anilines is 2. The van der Waals surface area contributed by atoms with Crippen LogP contribution in [0.25, 0.3) is 5.65 Å². The van der Waals surface area contributed by atoms with Gasteiger partial charge in [0.05, 0.1) is 13.3 Å². The van der Waals surface area contributed by atoms with Crippen LogP contribution in [0.2, 0.25) is 0 Å². The molecule has 2 aromatic carbocycles. The van der Waals surface area contributed by atoms with Crippen molar-refractivity contribution in [2.75, 3.05) is 12.4 Å². The summed E-state index contributed by atoms with van der Waals surface area (Å²) in [5.41, 5.74) is 5.25. The number of nitrogens with zero attached hydrogens (tertiary/aromatic N) is 3. The predicted molar refractivity (Wildman–Crippen MR) is 103 cm³/mol. The lowest BCUT2D eigenvalue weighted by Crippen LogP contribution is -2.01. The number of benzene rings is 2. The number of rotatable bonds is 5. The third-order valence-corrected chi connectivity index (χ3v) is 4.34. The first-order chi connectivity index (χ1) is 12.7. The summed E-state index contributed by atoms with van der Waals surface area (Å²) in [6.07, 6.45) is 4.39. The molecule has 0 saturated carbocycles. The predicted octanol–water partition coefficient (Wildman–Crippen LogP) is 4.38. The van der Waals surface area contributed by atoms with E-state index in [0.29, 0.717) is 6.42 Å². The minimum atomic E-state index is 0.717. The molecule has 4 aromatic rings. The number of aromatic nitrogens is 3. The van der Waals surface area contributed by atoms with Crippen LogP contribution in [-0.2, 0) is 6.42 Å². The van der Waals surface area contributed by atoms with Gasteiger partial charge in [-0.25, -0.2) is 4.98 Å². The van der Waals surface area contributed by atoms with Gasteiger partial charge in [-0.1, -0.05) is 30.3 Å². The van der Waals surface area contributed by atoms with Crippen LogP contribution in [0.4, 0.5) is 11.5 Å². The van der Waals surface area contributed by atoms with Crippen molar-refractivity contribution in [1.82, 2.24) is 14.6 Å². The largest absolute Gasteiger partial charge is 0.496 e. The average Bonchev–Trinajstić information content (AvgIpc) is 3.06. The Hall–Kier alpha value is -3.34. The van der Waals surface area contributed by atoms with Crippen molar-refractivity contribution in [3.63, 3.8) is 0 Å². The minimum Gasteiger partial charge on any atom is -0.496 e. The van der Waals surface area contributed by atoms with Crippen molar-refractivity contribution in [1.29, 1.82) is 0 Å². The van der Waals surface area contributed by atoms with Gasteiger partial charge in [-0.05, 0) is 42.3 Å². The fourth-order valence-corrected chi connectivity index (χ4v) is 3.08. The number of methoxy groups -OCH3 is 1. The van der Waals surface area contributed by atoms with Gasteiger partial charge in [-0.15, -0.1) is 0 Å². The van der Waals surface area contributed by atoms with Crippen molar-refractivity contribution in [3.05, 3.63) is 83.7 Å². The summed E-state index contributed by atoms with van der Waals surface area (Å²) in [5, 5.41) is 7.96. The quantitative estimate of drug-likeness (QED) is 0.584. The molecule has 0 aliphatic carbocycles. The van der Waals surface area contributed by atoms with Gasteiger partial charge in [-0.3, -0.25) is 0 Å². The second kappa shape index (κ2) is 6.88. The Morgan fingerprint density at radius 3 is 2.77 bits per heavy atom. The Kier molecular flexibility index (Phi) is 4.27. The van der Waals surface area contributed by atoms with Crippen LogP contribution >= 0.6 is 0 Å². The molecule has 5 nitrogen and oxygen atoms in total. The van der Waals surface area contributed by atoms with Crippen LogP contribution in [0, 0.1) is 6.92 Å². The third-order valence-electron chi connectivity index (χ3n) is 4.34. The van der Waals surface area contributed by atoms with Crippen LogP contribution in [-0.4, -0.2) is 21.7 Å². The number of aryl methyl sites for hydroxylation is 1. The van der Waals surface area contributed by atoms with Gasteiger partial charge in [0.15, 0.2) is 5.65 Å². The van der Waals surface area contributed by atoms with Crippen LogP contribution in [0.15, 0.2) is 67.0 Å². The highest BCUT2D eigenvalue weighted by atomic mass is 16.5. The van der Waals surface area contributed by atoms with E-state index in [1.165, 1.54) is 5.56 Å². The van der Waals surface area contributed by atoms with Crippen molar-refractivity contribution in [2.45, 2.75) is 13.3 Å². The van der Waals surface area contributed by atoms with E-state index in [1.807, 2.05) is 47.1 Å². The minimum absolute atomic E-state index is 0.717. The number of fused-ring (bicyclic) bond motifs is 1. The molecule has 4 rings (SSSR count). The Bertz CT molecular complexity index is 1050. The number of hydrogen-bond donors (Lipinski definition) is 1. The maximum absolute atomic E-state index is 5.46. The lowest BCUT2D eigenvalue weighted by molar-refractivity contribution is 0.410. The van der Waals surface area contributed by atoms with E-state index in [0.717, 1.165) is 34.0 Å². The first kappa shape index (κ1) is 16.1. The van der Waals surface area contributed by atoms with Crippen molar-refractivity contribution < 1.29 is 4.74 Å². The number of para-hydroxylation sites is 1. The fourth-order valence-electron chi connectivity index (χ4n) is 3.08. The maximum Gasteiger partial charge on any atom is 0.160 e. The molecule has 0 fully saturated rings. The van der Waals surface area contributed by atoms with Gasteiger partial charge >= 0.3 is 0 Å². The van der Waals surface area contributed by atoms with E-state index in [2.05, 4.69) is 40.5 Å². The van der Waals surface area contributed by atoms with Crippen LogP contribution in [0.1, 0.15) is 16.7 Å². The van der Waals surface area contributed by atoms with E-state index in [-0.39, 0.29) is 0 Å². The van der Waals surface area contributed by atoms with E-state index in [9.17, 15) is 0 Å². The Morgan fingerprint density at radius 1 is 1.04 bits per heavy atom. The van der Waals surface area contributed by atoms with E-state index >= 15 is 0 Å². The molecule has 0 bridgehead atoms.